The van der Waals surface area contributed by atoms with E-state index in [-0.39, 0.29) is 0 Å². The summed E-state index contributed by atoms with van der Waals surface area (Å²) in [5.41, 5.74) is 2.48. The number of allylic oxidation sites excluding steroid dienone is 2. The molecular weight excluding hydrogens is 166 g/mol. The molecule has 1 aliphatic heterocycles. The quantitative estimate of drug-likeness (QED) is 0.659. The Morgan fingerprint density at radius 2 is 1.92 bits per heavy atom. The van der Waals surface area contributed by atoms with Gasteiger partial charge in [-0.05, 0) is 34.6 Å². The van der Waals surface area contributed by atoms with E-state index in [9.17, 15) is 0 Å². The van der Waals surface area contributed by atoms with Gasteiger partial charge in [0.15, 0.2) is 0 Å². The zero-order valence-electron chi connectivity index (χ0n) is 6.53. The molecule has 0 saturated carbocycles. The molecule has 0 saturated heterocycles. The van der Waals surface area contributed by atoms with Crippen LogP contribution in [0.5, 0.6) is 0 Å². The molecule has 2 rings (SSSR count). The van der Waals surface area contributed by atoms with Crippen molar-refractivity contribution in [1.29, 1.82) is 0 Å². The lowest BCUT2D eigenvalue weighted by Gasteiger charge is -2.06. The standard InChI is InChI=1S/C10H9NS/c1-2-4-9(5-3-1)10-6-7-12-11-8-10/h1-8,11H. The van der Waals surface area contributed by atoms with Gasteiger partial charge in [-0.3, -0.25) is 0 Å². The molecule has 2 heteroatoms. The second kappa shape index (κ2) is 3.50. The second-order valence-corrected chi connectivity index (χ2v) is 3.25. The highest BCUT2D eigenvalue weighted by Gasteiger charge is 1.98. The maximum atomic E-state index is 3.10. The summed E-state index contributed by atoms with van der Waals surface area (Å²) in [6, 6.07) is 10.3. The molecule has 60 valence electrons. The lowest BCUT2D eigenvalue weighted by atomic mass is 10.1. The SMILES string of the molecule is C1=CC(c2ccccc2)=CNS1. The lowest BCUT2D eigenvalue weighted by molar-refractivity contribution is 1.41. The normalized spacial score (nSPS) is 15.2. The Morgan fingerprint density at radius 1 is 1.08 bits per heavy atom. The third-order valence-corrected chi connectivity index (χ3v) is 2.23. The summed E-state index contributed by atoms with van der Waals surface area (Å²) in [6.07, 6.45) is 4.12. The molecule has 1 aromatic carbocycles. The highest BCUT2D eigenvalue weighted by Crippen LogP contribution is 2.19. The van der Waals surface area contributed by atoms with Gasteiger partial charge in [-0.25, -0.2) is 0 Å². The predicted molar refractivity (Wildman–Crippen MR) is 54.3 cm³/mol. The van der Waals surface area contributed by atoms with E-state index in [1.54, 1.807) is 11.9 Å². The van der Waals surface area contributed by atoms with Crippen LogP contribution in [0.2, 0.25) is 0 Å². The first-order chi connectivity index (χ1) is 5.97. The zero-order chi connectivity index (χ0) is 8.23. The third kappa shape index (κ3) is 1.53. The molecule has 0 spiro atoms. The average molecular weight is 175 g/mol. The monoisotopic (exact) mass is 175 g/mol. The first-order valence-electron chi connectivity index (χ1n) is 3.80. The molecule has 0 radical (unpaired) electrons. The zero-order valence-corrected chi connectivity index (χ0v) is 7.34. The van der Waals surface area contributed by atoms with Gasteiger partial charge in [-0.1, -0.05) is 30.3 Å². The fourth-order valence-electron chi connectivity index (χ4n) is 1.10. The molecular formula is C10H9NS. The third-order valence-electron chi connectivity index (χ3n) is 1.71. The summed E-state index contributed by atoms with van der Waals surface area (Å²) in [7, 11) is 0. The van der Waals surface area contributed by atoms with Crippen LogP contribution in [0.4, 0.5) is 0 Å². The minimum absolute atomic E-state index is 1.23. The summed E-state index contributed by atoms with van der Waals surface area (Å²) in [5, 5.41) is 2.04. The first-order valence-corrected chi connectivity index (χ1v) is 4.68. The van der Waals surface area contributed by atoms with Crippen molar-refractivity contribution in [1.82, 2.24) is 4.72 Å². The Labute approximate surface area is 76.3 Å². The fraction of sp³-hybridized carbons (Fsp3) is 0. The van der Waals surface area contributed by atoms with E-state index >= 15 is 0 Å². The minimum atomic E-state index is 1.23. The van der Waals surface area contributed by atoms with Gasteiger partial charge in [0.1, 0.15) is 0 Å². The Hall–Kier alpha value is -1.15. The maximum absolute atomic E-state index is 3.10. The van der Waals surface area contributed by atoms with Crippen LogP contribution in [-0.2, 0) is 0 Å². The van der Waals surface area contributed by atoms with Gasteiger partial charge in [0.05, 0.1) is 0 Å². The van der Waals surface area contributed by atoms with Gasteiger partial charge in [-0.15, -0.1) is 0 Å². The number of benzene rings is 1. The van der Waals surface area contributed by atoms with Gasteiger partial charge in [0, 0.05) is 6.20 Å². The van der Waals surface area contributed by atoms with Gasteiger partial charge < -0.3 is 4.72 Å². The molecule has 12 heavy (non-hydrogen) atoms. The van der Waals surface area contributed by atoms with E-state index < -0.39 is 0 Å². The molecule has 0 atom stereocenters. The molecule has 0 aliphatic carbocycles. The largest absolute Gasteiger partial charge is 0.332 e. The topological polar surface area (TPSA) is 12.0 Å². The van der Waals surface area contributed by atoms with Crippen LogP contribution >= 0.6 is 11.9 Å². The number of hydrogen-bond acceptors (Lipinski definition) is 2. The molecule has 0 amide bonds. The van der Waals surface area contributed by atoms with E-state index in [4.69, 9.17) is 0 Å². The summed E-state index contributed by atoms with van der Waals surface area (Å²) in [4.78, 5) is 0. The van der Waals surface area contributed by atoms with E-state index in [0.717, 1.165) is 0 Å². The smallest absolute Gasteiger partial charge is 0.0154 e. The Balaban J connectivity index is 2.31. The van der Waals surface area contributed by atoms with Crippen LogP contribution in [0.25, 0.3) is 5.57 Å². The molecule has 1 nitrogen and oxygen atoms in total. The van der Waals surface area contributed by atoms with Crippen molar-refractivity contribution < 1.29 is 0 Å². The number of nitrogens with one attached hydrogen (secondary N) is 1. The van der Waals surface area contributed by atoms with E-state index in [1.165, 1.54) is 11.1 Å². The molecule has 1 N–H and O–H groups in total. The fourth-order valence-corrected chi connectivity index (χ4v) is 1.59. The average Bonchev–Trinajstić information content (AvgIpc) is 2.21. The number of hydrogen-bond donors (Lipinski definition) is 1. The van der Waals surface area contributed by atoms with E-state index in [1.807, 2.05) is 29.8 Å². The molecule has 0 bridgehead atoms. The van der Waals surface area contributed by atoms with Crippen molar-refractivity contribution in [2.24, 2.45) is 0 Å². The highest BCUT2D eigenvalue weighted by atomic mass is 32.2. The molecule has 1 aromatic rings. The van der Waals surface area contributed by atoms with E-state index in [2.05, 4.69) is 22.9 Å². The van der Waals surface area contributed by atoms with Gasteiger partial charge in [0.2, 0.25) is 0 Å². The Bertz CT molecular complexity index is 314. The summed E-state index contributed by atoms with van der Waals surface area (Å²) in [6.45, 7) is 0. The van der Waals surface area contributed by atoms with Crippen LogP contribution < -0.4 is 4.72 Å². The molecule has 0 fully saturated rings. The molecule has 0 aromatic heterocycles. The summed E-state index contributed by atoms with van der Waals surface area (Å²) >= 11 is 1.59. The second-order valence-electron chi connectivity index (χ2n) is 2.50. The van der Waals surface area contributed by atoms with E-state index in [0.29, 0.717) is 0 Å². The van der Waals surface area contributed by atoms with Crippen molar-refractivity contribution in [3.05, 3.63) is 53.6 Å². The van der Waals surface area contributed by atoms with Crippen molar-refractivity contribution >= 4 is 17.5 Å². The highest BCUT2D eigenvalue weighted by molar-refractivity contribution is 8.00. The van der Waals surface area contributed by atoms with Crippen molar-refractivity contribution in [2.75, 3.05) is 0 Å². The van der Waals surface area contributed by atoms with Crippen molar-refractivity contribution in [2.45, 2.75) is 0 Å². The van der Waals surface area contributed by atoms with Crippen molar-refractivity contribution in [3.63, 3.8) is 0 Å². The van der Waals surface area contributed by atoms with Gasteiger partial charge >= 0.3 is 0 Å². The van der Waals surface area contributed by atoms with Crippen LogP contribution in [0, 0.1) is 0 Å². The Kier molecular flexibility index (Phi) is 2.19. The van der Waals surface area contributed by atoms with Crippen molar-refractivity contribution in [3.8, 4) is 0 Å². The summed E-state index contributed by atoms with van der Waals surface area (Å²) in [5.74, 6) is 0. The molecule has 0 unspecified atom stereocenters. The lowest BCUT2D eigenvalue weighted by Crippen LogP contribution is -1.95. The van der Waals surface area contributed by atoms with Gasteiger partial charge in [0.25, 0.3) is 0 Å². The minimum Gasteiger partial charge on any atom is -0.332 e. The maximum Gasteiger partial charge on any atom is 0.0154 e. The van der Waals surface area contributed by atoms with Crippen LogP contribution in [-0.4, -0.2) is 0 Å². The van der Waals surface area contributed by atoms with Gasteiger partial charge in [-0.2, -0.15) is 0 Å². The number of rotatable bonds is 1. The summed E-state index contributed by atoms with van der Waals surface area (Å²) < 4.78 is 3.10. The Morgan fingerprint density at radius 3 is 2.58 bits per heavy atom. The van der Waals surface area contributed by atoms with Crippen LogP contribution in [0.15, 0.2) is 48.0 Å². The van der Waals surface area contributed by atoms with Crippen LogP contribution in [0.3, 0.4) is 0 Å². The molecule has 1 aliphatic rings. The first kappa shape index (κ1) is 7.50. The predicted octanol–water partition coefficient (Wildman–Crippen LogP) is 2.79. The van der Waals surface area contributed by atoms with Crippen LogP contribution in [0.1, 0.15) is 5.56 Å². The molecule has 1 heterocycles.